The van der Waals surface area contributed by atoms with Crippen LogP contribution in [-0.4, -0.2) is 22.4 Å². The Morgan fingerprint density at radius 1 is 1.00 bits per heavy atom. The van der Waals surface area contributed by atoms with Crippen LogP contribution in [0.25, 0.3) is 0 Å². The molecule has 5 heteroatoms. The van der Waals surface area contributed by atoms with Gasteiger partial charge in [0.05, 0.1) is 0 Å². The van der Waals surface area contributed by atoms with Crippen LogP contribution in [0, 0.1) is 13.8 Å². The van der Waals surface area contributed by atoms with Crippen LogP contribution in [0.5, 0.6) is 0 Å². The number of nitrogens with zero attached hydrogens (tertiary/aromatic N) is 3. The summed E-state index contributed by atoms with van der Waals surface area (Å²) in [6, 6.07) is 16.1. The van der Waals surface area contributed by atoms with Crippen LogP contribution >= 0.6 is 0 Å². The van der Waals surface area contributed by atoms with E-state index in [9.17, 15) is 4.79 Å². The van der Waals surface area contributed by atoms with Crippen molar-refractivity contribution < 1.29 is 4.79 Å². The number of carbonyl (C=O) groups excluding carboxylic acids is 1. The van der Waals surface area contributed by atoms with Crippen molar-refractivity contribution in [2.45, 2.75) is 26.8 Å². The van der Waals surface area contributed by atoms with Gasteiger partial charge in [-0.25, -0.2) is 9.97 Å². The average Bonchev–Trinajstić information content (AvgIpc) is 2.70. The van der Waals surface area contributed by atoms with Gasteiger partial charge >= 0.3 is 0 Å². The molecule has 0 unspecified atom stereocenters. The van der Waals surface area contributed by atoms with Crippen molar-refractivity contribution in [2.75, 3.05) is 16.8 Å². The normalized spacial score (nSPS) is 13.2. The summed E-state index contributed by atoms with van der Waals surface area (Å²) in [7, 11) is 0. The van der Waals surface area contributed by atoms with E-state index in [4.69, 9.17) is 0 Å². The van der Waals surface area contributed by atoms with Gasteiger partial charge in [0.1, 0.15) is 17.8 Å². The number of benzene rings is 2. The number of rotatable bonds is 3. The van der Waals surface area contributed by atoms with E-state index in [-0.39, 0.29) is 5.91 Å². The summed E-state index contributed by atoms with van der Waals surface area (Å²) in [5.41, 5.74) is 6.18. The van der Waals surface area contributed by atoms with E-state index < -0.39 is 0 Å². The molecule has 0 saturated heterocycles. The fraction of sp³-hybridized carbons (Fsp3) is 0.227. The molecule has 4 rings (SSSR count). The van der Waals surface area contributed by atoms with Crippen LogP contribution in [0.1, 0.15) is 32.7 Å². The fourth-order valence-corrected chi connectivity index (χ4v) is 3.35. The number of nitrogens with one attached hydrogen (secondary N) is 1. The maximum absolute atomic E-state index is 12.6. The van der Waals surface area contributed by atoms with Crippen LogP contribution in [-0.2, 0) is 13.0 Å². The van der Waals surface area contributed by atoms with Gasteiger partial charge < -0.3 is 10.2 Å². The number of hydrogen-bond acceptors (Lipinski definition) is 4. The molecule has 1 N–H and O–H groups in total. The van der Waals surface area contributed by atoms with E-state index in [2.05, 4.69) is 51.4 Å². The van der Waals surface area contributed by atoms with Gasteiger partial charge in [0.2, 0.25) is 0 Å². The Kier molecular flexibility index (Phi) is 4.59. The number of aryl methyl sites for hydroxylation is 2. The summed E-state index contributed by atoms with van der Waals surface area (Å²) in [6.07, 6.45) is 2.44. The lowest BCUT2D eigenvalue weighted by Gasteiger charge is -2.29. The molecule has 136 valence electrons. The molecule has 0 fully saturated rings. The molecular formula is C22H22N4O. The monoisotopic (exact) mass is 358 g/mol. The highest BCUT2D eigenvalue weighted by Gasteiger charge is 2.18. The van der Waals surface area contributed by atoms with Gasteiger partial charge in [-0.15, -0.1) is 0 Å². The van der Waals surface area contributed by atoms with Crippen molar-refractivity contribution >= 4 is 17.4 Å². The molecule has 5 nitrogen and oxygen atoms in total. The molecule has 1 amide bonds. The second kappa shape index (κ2) is 7.19. The van der Waals surface area contributed by atoms with Gasteiger partial charge in [-0.2, -0.15) is 0 Å². The average molecular weight is 358 g/mol. The lowest BCUT2D eigenvalue weighted by atomic mass is 10.00. The Morgan fingerprint density at radius 2 is 1.81 bits per heavy atom. The third-order valence-electron chi connectivity index (χ3n) is 5.10. The Morgan fingerprint density at radius 3 is 2.63 bits per heavy atom. The van der Waals surface area contributed by atoms with Gasteiger partial charge in [0.15, 0.2) is 0 Å². The van der Waals surface area contributed by atoms with Crippen molar-refractivity contribution in [2.24, 2.45) is 0 Å². The molecule has 1 aliphatic rings. The molecule has 2 aromatic carbocycles. The molecule has 0 bridgehead atoms. The van der Waals surface area contributed by atoms with Crippen molar-refractivity contribution in [3.8, 4) is 0 Å². The molecule has 3 aromatic rings. The molecule has 1 aliphatic heterocycles. The number of carbonyl (C=O) groups is 1. The predicted octanol–water partition coefficient (Wildman–Crippen LogP) is 3.91. The van der Waals surface area contributed by atoms with Crippen molar-refractivity contribution in [1.82, 2.24) is 9.97 Å². The van der Waals surface area contributed by atoms with E-state index in [0.717, 1.165) is 36.6 Å². The molecule has 1 aromatic heterocycles. The summed E-state index contributed by atoms with van der Waals surface area (Å²) in [5.74, 6) is 0.559. The van der Waals surface area contributed by atoms with Crippen LogP contribution < -0.4 is 10.2 Å². The van der Waals surface area contributed by atoms with E-state index in [0.29, 0.717) is 5.69 Å². The SMILES string of the molecule is Cc1ccc(NC(=O)c2cc(N3CCc4ccccc4C3)ncn2)cc1C. The fourth-order valence-electron chi connectivity index (χ4n) is 3.35. The maximum Gasteiger partial charge on any atom is 0.274 e. The van der Waals surface area contributed by atoms with E-state index in [1.54, 1.807) is 6.07 Å². The number of aromatic nitrogens is 2. The Balaban J connectivity index is 1.52. The Bertz CT molecular complexity index is 999. The highest BCUT2D eigenvalue weighted by Crippen LogP contribution is 2.23. The van der Waals surface area contributed by atoms with Crippen molar-refractivity contribution in [3.63, 3.8) is 0 Å². The summed E-state index contributed by atoms with van der Waals surface area (Å²) >= 11 is 0. The molecule has 0 radical (unpaired) electrons. The minimum absolute atomic E-state index is 0.223. The highest BCUT2D eigenvalue weighted by molar-refractivity contribution is 6.03. The highest BCUT2D eigenvalue weighted by atomic mass is 16.1. The van der Waals surface area contributed by atoms with Crippen LogP contribution in [0.3, 0.4) is 0 Å². The molecule has 0 saturated carbocycles. The summed E-state index contributed by atoms with van der Waals surface area (Å²) in [6.45, 7) is 5.76. The zero-order valence-corrected chi connectivity index (χ0v) is 15.6. The number of anilines is 2. The zero-order valence-electron chi connectivity index (χ0n) is 15.6. The quantitative estimate of drug-likeness (QED) is 0.771. The van der Waals surface area contributed by atoms with E-state index in [1.165, 1.54) is 23.0 Å². The summed E-state index contributed by atoms with van der Waals surface area (Å²) < 4.78 is 0. The van der Waals surface area contributed by atoms with Gasteiger partial charge in [0, 0.05) is 24.8 Å². The van der Waals surface area contributed by atoms with E-state index >= 15 is 0 Å². The lowest BCUT2D eigenvalue weighted by Crippen LogP contribution is -2.31. The molecule has 2 heterocycles. The molecule has 0 atom stereocenters. The molecule has 0 spiro atoms. The number of hydrogen-bond donors (Lipinski definition) is 1. The van der Waals surface area contributed by atoms with Gasteiger partial charge in [0.25, 0.3) is 5.91 Å². The maximum atomic E-state index is 12.6. The largest absolute Gasteiger partial charge is 0.352 e. The summed E-state index contributed by atoms with van der Waals surface area (Å²) in [5, 5.41) is 2.92. The first-order valence-electron chi connectivity index (χ1n) is 9.12. The second-order valence-corrected chi connectivity index (χ2v) is 6.95. The third-order valence-corrected chi connectivity index (χ3v) is 5.10. The van der Waals surface area contributed by atoms with Crippen LogP contribution in [0.2, 0.25) is 0 Å². The third kappa shape index (κ3) is 3.67. The van der Waals surface area contributed by atoms with Gasteiger partial charge in [-0.05, 0) is 54.7 Å². The molecular weight excluding hydrogens is 336 g/mol. The molecule has 27 heavy (non-hydrogen) atoms. The van der Waals surface area contributed by atoms with Gasteiger partial charge in [-0.1, -0.05) is 30.3 Å². The van der Waals surface area contributed by atoms with Crippen molar-refractivity contribution in [1.29, 1.82) is 0 Å². The minimum atomic E-state index is -0.223. The van der Waals surface area contributed by atoms with Gasteiger partial charge in [-0.3, -0.25) is 4.79 Å². The second-order valence-electron chi connectivity index (χ2n) is 6.95. The zero-order chi connectivity index (χ0) is 18.8. The van der Waals surface area contributed by atoms with E-state index in [1.807, 2.05) is 25.1 Å². The smallest absolute Gasteiger partial charge is 0.274 e. The lowest BCUT2D eigenvalue weighted by molar-refractivity contribution is 0.102. The first kappa shape index (κ1) is 17.2. The number of fused-ring (bicyclic) bond motifs is 1. The van der Waals surface area contributed by atoms with Crippen molar-refractivity contribution in [3.05, 3.63) is 82.8 Å². The van der Waals surface area contributed by atoms with Crippen LogP contribution in [0.15, 0.2) is 54.9 Å². The molecule has 0 aliphatic carbocycles. The standard InChI is InChI=1S/C22H22N4O/c1-15-7-8-19(11-16(15)2)25-22(27)20-12-21(24-14-23-20)26-10-9-17-5-3-4-6-18(17)13-26/h3-8,11-12,14H,9-10,13H2,1-2H3,(H,25,27). The predicted molar refractivity (Wildman–Crippen MR) is 107 cm³/mol. The first-order valence-corrected chi connectivity index (χ1v) is 9.12. The summed E-state index contributed by atoms with van der Waals surface area (Å²) in [4.78, 5) is 23.4. The minimum Gasteiger partial charge on any atom is -0.352 e. The van der Waals surface area contributed by atoms with Crippen LogP contribution in [0.4, 0.5) is 11.5 Å². The topological polar surface area (TPSA) is 58.1 Å². The Labute approximate surface area is 159 Å². The first-order chi connectivity index (χ1) is 13.1. The number of amides is 1. The Hall–Kier alpha value is -3.21.